The number of benzene rings is 2. The fourth-order valence-electron chi connectivity index (χ4n) is 3.14. The topological polar surface area (TPSA) is 20.2 Å². The molecule has 2 nitrogen and oxygen atoms in total. The van der Waals surface area contributed by atoms with E-state index >= 15 is 0 Å². The summed E-state index contributed by atoms with van der Waals surface area (Å²) in [4.78, 5) is 2.35. The highest BCUT2D eigenvalue weighted by atomic mass is 32.2. The average Bonchev–Trinajstić information content (AvgIpc) is 2.46. The maximum absolute atomic E-state index is 11.6. The van der Waals surface area contributed by atoms with Gasteiger partial charge in [-0.05, 0) is 25.0 Å². The van der Waals surface area contributed by atoms with Crippen LogP contribution in [0.25, 0.3) is 0 Å². The van der Waals surface area contributed by atoms with Crippen molar-refractivity contribution in [3.63, 3.8) is 0 Å². The van der Waals surface area contributed by atoms with Crippen molar-refractivity contribution in [1.29, 1.82) is 0 Å². The van der Waals surface area contributed by atoms with Crippen LogP contribution in [0.2, 0.25) is 0 Å². The molecule has 2 aromatic rings. The van der Waals surface area contributed by atoms with Gasteiger partial charge < -0.3 is 9.59 Å². The van der Waals surface area contributed by atoms with Crippen molar-refractivity contribution in [1.82, 2.24) is 0 Å². The van der Waals surface area contributed by atoms with Crippen LogP contribution in [0.5, 0.6) is 0 Å². The van der Waals surface area contributed by atoms with Crippen LogP contribution in [0.3, 0.4) is 0 Å². The van der Waals surface area contributed by atoms with Gasteiger partial charge in [0.05, 0.1) is 27.7 Å². The van der Waals surface area contributed by atoms with E-state index in [2.05, 4.69) is 45.4 Å². The standard InChI is InChI=1S/C19H24NOS/c1-20(2,3)14-8-13-19(21)15-9-4-6-11-17(15)22-18-12-7-5-10-16(18)19/h4-7,9-12,21H,8,13-14H2,1-3H3/q+1. The van der Waals surface area contributed by atoms with E-state index < -0.39 is 5.60 Å². The van der Waals surface area contributed by atoms with Crippen molar-refractivity contribution in [2.24, 2.45) is 0 Å². The molecule has 116 valence electrons. The lowest BCUT2D eigenvalue weighted by Gasteiger charge is -2.37. The molecule has 1 N–H and O–H groups in total. The lowest BCUT2D eigenvalue weighted by molar-refractivity contribution is -0.870. The molecule has 1 aliphatic heterocycles. The number of quaternary nitrogens is 1. The van der Waals surface area contributed by atoms with E-state index in [9.17, 15) is 5.11 Å². The van der Waals surface area contributed by atoms with Crippen LogP contribution in [-0.2, 0) is 5.60 Å². The van der Waals surface area contributed by atoms with Crippen LogP contribution in [0.15, 0.2) is 58.3 Å². The second kappa shape index (κ2) is 5.73. The Hall–Kier alpha value is -1.29. The Balaban J connectivity index is 1.98. The van der Waals surface area contributed by atoms with Crippen molar-refractivity contribution < 1.29 is 9.59 Å². The maximum Gasteiger partial charge on any atom is 0.117 e. The molecule has 0 atom stereocenters. The van der Waals surface area contributed by atoms with Crippen molar-refractivity contribution >= 4 is 11.8 Å². The first kappa shape index (κ1) is 15.6. The third-order valence-corrected chi connectivity index (χ3v) is 5.40. The number of fused-ring (bicyclic) bond motifs is 2. The predicted octanol–water partition coefficient (Wildman–Crippen LogP) is 3.87. The second-order valence-corrected chi connectivity index (χ2v) is 8.16. The molecular formula is C19H24NOS+. The molecule has 0 amide bonds. The Bertz CT molecular complexity index is 630. The predicted molar refractivity (Wildman–Crippen MR) is 92.1 cm³/mol. The summed E-state index contributed by atoms with van der Waals surface area (Å²) in [6.07, 6.45) is 1.75. The van der Waals surface area contributed by atoms with Crippen molar-refractivity contribution in [2.75, 3.05) is 27.7 Å². The lowest BCUT2D eigenvalue weighted by Crippen LogP contribution is -2.37. The Morgan fingerprint density at radius 2 is 1.41 bits per heavy atom. The van der Waals surface area contributed by atoms with Crippen LogP contribution >= 0.6 is 11.8 Å². The van der Waals surface area contributed by atoms with Gasteiger partial charge in [0.2, 0.25) is 0 Å². The molecule has 22 heavy (non-hydrogen) atoms. The van der Waals surface area contributed by atoms with E-state index in [4.69, 9.17) is 0 Å². The zero-order chi connectivity index (χ0) is 15.8. The van der Waals surface area contributed by atoms with Crippen LogP contribution in [0.1, 0.15) is 24.0 Å². The minimum atomic E-state index is -0.867. The summed E-state index contributed by atoms with van der Waals surface area (Å²) in [5.41, 5.74) is 1.24. The Kier molecular flexibility index (Phi) is 4.06. The molecule has 0 aromatic heterocycles. The molecular weight excluding hydrogens is 290 g/mol. The summed E-state index contributed by atoms with van der Waals surface area (Å²) in [6.45, 7) is 1.06. The fraction of sp³-hybridized carbons (Fsp3) is 0.368. The van der Waals surface area contributed by atoms with Crippen molar-refractivity contribution in [2.45, 2.75) is 28.2 Å². The summed E-state index contributed by atoms with van der Waals surface area (Å²) < 4.78 is 0.925. The van der Waals surface area contributed by atoms with Gasteiger partial charge in [0.15, 0.2) is 0 Å². The number of aliphatic hydroxyl groups is 1. The van der Waals surface area contributed by atoms with Gasteiger partial charge in [0, 0.05) is 20.9 Å². The summed E-state index contributed by atoms with van der Waals surface area (Å²) in [7, 11) is 6.59. The fourth-order valence-corrected chi connectivity index (χ4v) is 4.36. The first-order chi connectivity index (χ1) is 10.4. The Labute approximate surface area is 137 Å². The molecule has 1 heterocycles. The molecule has 1 aliphatic rings. The zero-order valence-corrected chi connectivity index (χ0v) is 14.4. The Morgan fingerprint density at radius 1 is 0.909 bits per heavy atom. The minimum Gasteiger partial charge on any atom is -0.380 e. The van der Waals surface area contributed by atoms with E-state index in [1.807, 2.05) is 24.3 Å². The molecule has 0 bridgehead atoms. The van der Waals surface area contributed by atoms with Gasteiger partial charge in [-0.3, -0.25) is 0 Å². The molecule has 0 radical (unpaired) electrons. The van der Waals surface area contributed by atoms with Gasteiger partial charge in [0.1, 0.15) is 5.60 Å². The van der Waals surface area contributed by atoms with Gasteiger partial charge in [0.25, 0.3) is 0 Å². The number of rotatable bonds is 4. The van der Waals surface area contributed by atoms with Gasteiger partial charge in [-0.15, -0.1) is 0 Å². The monoisotopic (exact) mass is 314 g/mol. The molecule has 0 fully saturated rings. The molecule has 3 heteroatoms. The first-order valence-corrected chi connectivity index (χ1v) is 8.61. The van der Waals surface area contributed by atoms with Gasteiger partial charge >= 0.3 is 0 Å². The molecule has 0 saturated carbocycles. The smallest absolute Gasteiger partial charge is 0.117 e. The molecule has 0 spiro atoms. The average molecular weight is 314 g/mol. The largest absolute Gasteiger partial charge is 0.380 e. The molecule has 0 saturated heterocycles. The number of hydrogen-bond acceptors (Lipinski definition) is 2. The number of hydrogen-bond donors (Lipinski definition) is 1. The van der Waals surface area contributed by atoms with Crippen LogP contribution in [-0.4, -0.2) is 37.3 Å². The molecule has 2 aromatic carbocycles. The highest BCUT2D eigenvalue weighted by Gasteiger charge is 2.38. The van der Waals surface area contributed by atoms with Crippen LogP contribution in [0, 0.1) is 0 Å². The second-order valence-electron chi connectivity index (χ2n) is 7.07. The van der Waals surface area contributed by atoms with Gasteiger partial charge in [-0.1, -0.05) is 48.2 Å². The zero-order valence-electron chi connectivity index (χ0n) is 13.5. The van der Waals surface area contributed by atoms with Gasteiger partial charge in [-0.25, -0.2) is 0 Å². The maximum atomic E-state index is 11.6. The summed E-state index contributed by atoms with van der Waals surface area (Å²) >= 11 is 1.76. The van der Waals surface area contributed by atoms with E-state index in [1.54, 1.807) is 11.8 Å². The molecule has 0 unspecified atom stereocenters. The Morgan fingerprint density at radius 3 is 1.91 bits per heavy atom. The highest BCUT2D eigenvalue weighted by Crippen LogP contribution is 2.49. The molecule has 3 rings (SSSR count). The number of nitrogens with zero attached hydrogens (tertiary/aromatic N) is 1. The summed E-state index contributed by atoms with van der Waals surface area (Å²) in [6, 6.07) is 16.5. The van der Waals surface area contributed by atoms with E-state index in [0.29, 0.717) is 0 Å². The quantitative estimate of drug-likeness (QED) is 0.865. The normalized spacial score (nSPS) is 16.0. The molecule has 0 aliphatic carbocycles. The van der Waals surface area contributed by atoms with Crippen molar-refractivity contribution in [3.05, 3.63) is 59.7 Å². The highest BCUT2D eigenvalue weighted by molar-refractivity contribution is 7.99. The van der Waals surface area contributed by atoms with E-state index in [0.717, 1.165) is 35.0 Å². The van der Waals surface area contributed by atoms with Crippen LogP contribution in [0.4, 0.5) is 0 Å². The third kappa shape index (κ3) is 2.94. The van der Waals surface area contributed by atoms with Crippen molar-refractivity contribution in [3.8, 4) is 0 Å². The first-order valence-electron chi connectivity index (χ1n) is 7.80. The summed E-state index contributed by atoms with van der Waals surface area (Å²) in [5.74, 6) is 0. The van der Waals surface area contributed by atoms with E-state index in [1.165, 1.54) is 9.79 Å². The minimum absolute atomic E-state index is 0.761. The SMILES string of the molecule is C[N+](C)(C)CCCC1(O)c2ccccc2Sc2ccccc21. The van der Waals surface area contributed by atoms with E-state index in [-0.39, 0.29) is 0 Å². The lowest BCUT2D eigenvalue weighted by atomic mass is 9.82. The van der Waals surface area contributed by atoms with Gasteiger partial charge in [-0.2, -0.15) is 0 Å². The summed E-state index contributed by atoms with van der Waals surface area (Å²) in [5, 5.41) is 11.6. The third-order valence-electron chi connectivity index (χ3n) is 4.25. The van der Waals surface area contributed by atoms with Crippen LogP contribution < -0.4 is 0 Å².